The van der Waals surface area contributed by atoms with Crippen LogP contribution in [-0.2, 0) is 11.2 Å². The molecule has 0 spiro atoms. The highest BCUT2D eigenvalue weighted by Crippen LogP contribution is 2.11. The van der Waals surface area contributed by atoms with Gasteiger partial charge in [0.05, 0.1) is 6.26 Å². The monoisotopic (exact) mass is 327 g/mol. The molecule has 2 rings (SSSR count). The largest absolute Gasteiger partial charge is 0.477 e. The van der Waals surface area contributed by atoms with Crippen molar-refractivity contribution in [3.63, 3.8) is 0 Å². The molecule has 0 radical (unpaired) electrons. The molecule has 5 nitrogen and oxygen atoms in total. The van der Waals surface area contributed by atoms with Crippen molar-refractivity contribution in [2.75, 3.05) is 0 Å². The second kappa shape index (κ2) is 8.72. The SMILES string of the molecule is CCCCCc1ccc(C(=O)N/C(=C/c2ccco2)C(=O)O)cc1. The van der Waals surface area contributed by atoms with Crippen molar-refractivity contribution in [3.8, 4) is 0 Å². The fraction of sp³-hybridized carbons (Fsp3) is 0.263. The Bertz CT molecular complexity index is 699. The van der Waals surface area contributed by atoms with E-state index in [2.05, 4.69) is 12.2 Å². The summed E-state index contributed by atoms with van der Waals surface area (Å²) in [4.78, 5) is 23.5. The molecule has 1 heterocycles. The van der Waals surface area contributed by atoms with Crippen LogP contribution in [0, 0.1) is 0 Å². The number of aliphatic carboxylic acids is 1. The summed E-state index contributed by atoms with van der Waals surface area (Å²) in [5.41, 5.74) is 1.35. The summed E-state index contributed by atoms with van der Waals surface area (Å²) in [6.07, 6.45) is 7.16. The maximum atomic E-state index is 12.2. The zero-order chi connectivity index (χ0) is 17.4. The molecule has 1 aromatic heterocycles. The molecule has 0 aliphatic heterocycles. The Hall–Kier alpha value is -2.82. The number of nitrogens with one attached hydrogen (secondary N) is 1. The predicted molar refractivity (Wildman–Crippen MR) is 91.5 cm³/mol. The summed E-state index contributed by atoms with van der Waals surface area (Å²) in [7, 11) is 0. The molecule has 0 aliphatic carbocycles. The van der Waals surface area contributed by atoms with Crippen molar-refractivity contribution in [2.24, 2.45) is 0 Å². The number of carboxylic acids is 1. The Kier molecular flexibility index (Phi) is 6.37. The number of benzene rings is 1. The number of aryl methyl sites for hydroxylation is 1. The zero-order valence-electron chi connectivity index (χ0n) is 13.6. The summed E-state index contributed by atoms with van der Waals surface area (Å²) in [5, 5.41) is 11.6. The molecule has 0 unspecified atom stereocenters. The molecule has 0 aliphatic rings. The average Bonchev–Trinajstić information content (AvgIpc) is 3.08. The lowest BCUT2D eigenvalue weighted by Gasteiger charge is -2.07. The second-order valence-electron chi connectivity index (χ2n) is 5.49. The van der Waals surface area contributed by atoms with Crippen molar-refractivity contribution in [2.45, 2.75) is 32.6 Å². The van der Waals surface area contributed by atoms with Gasteiger partial charge in [0.25, 0.3) is 5.91 Å². The van der Waals surface area contributed by atoms with Gasteiger partial charge < -0.3 is 14.8 Å². The summed E-state index contributed by atoms with van der Waals surface area (Å²) in [5.74, 6) is -1.33. The molecule has 0 saturated heterocycles. The minimum atomic E-state index is -1.23. The van der Waals surface area contributed by atoms with E-state index in [-0.39, 0.29) is 5.70 Å². The summed E-state index contributed by atoms with van der Waals surface area (Å²) >= 11 is 0. The fourth-order valence-corrected chi connectivity index (χ4v) is 2.26. The maximum absolute atomic E-state index is 12.2. The summed E-state index contributed by atoms with van der Waals surface area (Å²) in [6.45, 7) is 2.16. The average molecular weight is 327 g/mol. The van der Waals surface area contributed by atoms with Crippen molar-refractivity contribution >= 4 is 18.0 Å². The number of furan rings is 1. The maximum Gasteiger partial charge on any atom is 0.352 e. The van der Waals surface area contributed by atoms with E-state index in [1.807, 2.05) is 12.1 Å². The molecule has 126 valence electrons. The van der Waals surface area contributed by atoms with Crippen LogP contribution in [0.4, 0.5) is 0 Å². The van der Waals surface area contributed by atoms with Crippen LogP contribution < -0.4 is 5.32 Å². The number of unbranched alkanes of at least 4 members (excludes halogenated alkanes) is 2. The van der Waals surface area contributed by atoms with Gasteiger partial charge in [0, 0.05) is 11.6 Å². The van der Waals surface area contributed by atoms with Gasteiger partial charge in [-0.2, -0.15) is 0 Å². The van der Waals surface area contributed by atoms with E-state index in [4.69, 9.17) is 4.42 Å². The van der Waals surface area contributed by atoms with E-state index in [0.29, 0.717) is 11.3 Å². The van der Waals surface area contributed by atoms with E-state index in [1.54, 1.807) is 24.3 Å². The molecule has 1 amide bonds. The van der Waals surface area contributed by atoms with Crippen LogP contribution in [0.5, 0.6) is 0 Å². The minimum Gasteiger partial charge on any atom is -0.477 e. The molecular weight excluding hydrogens is 306 g/mol. The zero-order valence-corrected chi connectivity index (χ0v) is 13.6. The van der Waals surface area contributed by atoms with Crippen LogP contribution >= 0.6 is 0 Å². The molecule has 1 aromatic carbocycles. The number of hydrogen-bond acceptors (Lipinski definition) is 3. The third-order valence-corrected chi connectivity index (χ3v) is 3.59. The number of amides is 1. The molecule has 0 saturated carbocycles. The van der Waals surface area contributed by atoms with Crippen molar-refractivity contribution in [1.82, 2.24) is 5.32 Å². The Morgan fingerprint density at radius 1 is 1.17 bits per heavy atom. The Balaban J connectivity index is 2.03. The lowest BCUT2D eigenvalue weighted by molar-refractivity contribution is -0.132. The Morgan fingerprint density at radius 2 is 1.92 bits per heavy atom. The Labute approximate surface area is 141 Å². The molecule has 2 aromatic rings. The van der Waals surface area contributed by atoms with Gasteiger partial charge in [-0.25, -0.2) is 4.79 Å². The van der Waals surface area contributed by atoms with Gasteiger partial charge in [0.1, 0.15) is 11.5 Å². The first-order valence-corrected chi connectivity index (χ1v) is 7.99. The molecule has 24 heavy (non-hydrogen) atoms. The number of hydrogen-bond donors (Lipinski definition) is 2. The summed E-state index contributed by atoms with van der Waals surface area (Å²) in [6, 6.07) is 10.5. The smallest absolute Gasteiger partial charge is 0.352 e. The van der Waals surface area contributed by atoms with Crippen LogP contribution in [0.1, 0.15) is 47.9 Å². The van der Waals surface area contributed by atoms with E-state index in [1.165, 1.54) is 30.7 Å². The van der Waals surface area contributed by atoms with Crippen molar-refractivity contribution < 1.29 is 19.1 Å². The third-order valence-electron chi connectivity index (χ3n) is 3.59. The molecule has 2 N–H and O–H groups in total. The van der Waals surface area contributed by atoms with Gasteiger partial charge in [-0.3, -0.25) is 4.79 Å². The van der Waals surface area contributed by atoms with Crippen molar-refractivity contribution in [1.29, 1.82) is 0 Å². The number of carbonyl (C=O) groups is 2. The molecule has 0 fully saturated rings. The van der Waals surface area contributed by atoms with Gasteiger partial charge in [-0.05, 0) is 42.7 Å². The van der Waals surface area contributed by atoms with Gasteiger partial charge in [0.2, 0.25) is 0 Å². The molecular formula is C19H21NO4. The van der Waals surface area contributed by atoms with Crippen LogP contribution in [0.15, 0.2) is 52.8 Å². The van der Waals surface area contributed by atoms with Gasteiger partial charge in [-0.15, -0.1) is 0 Å². The van der Waals surface area contributed by atoms with Crippen LogP contribution in [-0.4, -0.2) is 17.0 Å². The topological polar surface area (TPSA) is 79.5 Å². The van der Waals surface area contributed by atoms with Crippen LogP contribution in [0.25, 0.3) is 6.08 Å². The summed E-state index contributed by atoms with van der Waals surface area (Å²) < 4.78 is 5.07. The molecule has 5 heteroatoms. The predicted octanol–water partition coefficient (Wildman–Crippen LogP) is 3.87. The van der Waals surface area contributed by atoms with E-state index in [0.717, 1.165) is 12.8 Å². The van der Waals surface area contributed by atoms with Crippen LogP contribution in [0.2, 0.25) is 0 Å². The normalized spacial score (nSPS) is 11.3. The second-order valence-corrected chi connectivity index (χ2v) is 5.49. The highest BCUT2D eigenvalue weighted by atomic mass is 16.4. The third kappa shape index (κ3) is 5.12. The first-order chi connectivity index (χ1) is 11.6. The standard InChI is InChI=1S/C19H21NO4/c1-2-3-4-6-14-8-10-15(11-9-14)18(21)20-17(19(22)23)13-16-7-5-12-24-16/h5,7-13H,2-4,6H2,1H3,(H,20,21)(H,22,23)/b17-13+. The fourth-order valence-electron chi connectivity index (χ4n) is 2.26. The van der Waals surface area contributed by atoms with Crippen molar-refractivity contribution in [3.05, 3.63) is 65.2 Å². The lowest BCUT2D eigenvalue weighted by Crippen LogP contribution is -2.27. The number of rotatable bonds is 8. The van der Waals surface area contributed by atoms with E-state index < -0.39 is 11.9 Å². The highest BCUT2D eigenvalue weighted by Gasteiger charge is 2.14. The first kappa shape index (κ1) is 17.5. The minimum absolute atomic E-state index is 0.234. The lowest BCUT2D eigenvalue weighted by atomic mass is 10.1. The van der Waals surface area contributed by atoms with E-state index in [9.17, 15) is 14.7 Å². The number of carbonyl (C=O) groups excluding carboxylic acids is 1. The van der Waals surface area contributed by atoms with Gasteiger partial charge in [-0.1, -0.05) is 31.9 Å². The van der Waals surface area contributed by atoms with Gasteiger partial charge in [0.15, 0.2) is 0 Å². The Morgan fingerprint density at radius 3 is 2.50 bits per heavy atom. The molecule has 0 bridgehead atoms. The van der Waals surface area contributed by atoms with Gasteiger partial charge >= 0.3 is 5.97 Å². The van der Waals surface area contributed by atoms with Crippen LogP contribution in [0.3, 0.4) is 0 Å². The highest BCUT2D eigenvalue weighted by molar-refractivity contribution is 6.02. The number of carboxylic acid groups (broad SMARTS) is 1. The first-order valence-electron chi connectivity index (χ1n) is 7.99. The molecule has 0 atom stereocenters. The van der Waals surface area contributed by atoms with E-state index >= 15 is 0 Å². The quantitative estimate of drug-likeness (QED) is 0.570.